The van der Waals surface area contributed by atoms with E-state index in [-0.39, 0.29) is 0 Å². The minimum atomic E-state index is 0.524. The highest BCUT2D eigenvalue weighted by Gasteiger charge is 2.01. The maximum atomic E-state index is 10.6. The van der Waals surface area contributed by atoms with Crippen LogP contribution in [0.2, 0.25) is 0 Å². The highest BCUT2D eigenvalue weighted by Crippen LogP contribution is 2.14. The molecule has 0 heterocycles. The molecule has 1 unspecified atom stereocenters. The van der Waals surface area contributed by atoms with E-state index in [0.29, 0.717) is 5.92 Å². The summed E-state index contributed by atoms with van der Waals surface area (Å²) in [7, 11) is 0. The Kier molecular flexibility index (Phi) is 7.27. The molecule has 0 aliphatic rings. The molecular formula is C12H20O. The fraction of sp³-hybridized carbons (Fsp3) is 0.583. The quantitative estimate of drug-likeness (QED) is 0.347. The molecule has 1 nitrogen and oxygen atoms in total. The maximum absolute atomic E-state index is 10.6. The molecule has 0 rings (SSSR count). The zero-order valence-corrected chi connectivity index (χ0v) is 8.92. The summed E-state index contributed by atoms with van der Waals surface area (Å²) in [6.07, 6.45) is 10.3. The molecule has 0 spiro atoms. The second kappa shape index (κ2) is 7.78. The normalized spacial score (nSPS) is 14.8. The van der Waals surface area contributed by atoms with E-state index in [1.54, 1.807) is 0 Å². The molecule has 0 saturated carbocycles. The summed E-state index contributed by atoms with van der Waals surface area (Å²) >= 11 is 0. The lowest BCUT2D eigenvalue weighted by Crippen LogP contribution is -1.95. The van der Waals surface area contributed by atoms with Crippen molar-refractivity contribution in [1.82, 2.24) is 0 Å². The van der Waals surface area contributed by atoms with E-state index in [0.717, 1.165) is 31.1 Å². The van der Waals surface area contributed by atoms with Crippen LogP contribution in [-0.2, 0) is 4.79 Å². The molecule has 0 aromatic heterocycles. The second-order valence-corrected chi connectivity index (χ2v) is 3.19. The van der Waals surface area contributed by atoms with Gasteiger partial charge in [-0.15, -0.1) is 0 Å². The van der Waals surface area contributed by atoms with Crippen LogP contribution < -0.4 is 0 Å². The topological polar surface area (TPSA) is 17.1 Å². The van der Waals surface area contributed by atoms with Crippen LogP contribution in [0.1, 0.15) is 40.0 Å². The molecule has 0 aliphatic carbocycles. The average molecular weight is 180 g/mol. The lowest BCUT2D eigenvalue weighted by Gasteiger charge is -2.07. The Bertz CT molecular complexity index is 189. The standard InChI is InChI=1S/C12H20O/c1-4-7-8-11(5-2)9-12(6-3)10-13/h4,7,9-11H,5-6,8H2,1-3H3/b7-4-,12-9+. The smallest absolute Gasteiger partial charge is 0.145 e. The van der Waals surface area contributed by atoms with Crippen molar-refractivity contribution in [2.45, 2.75) is 40.0 Å². The third-order valence-corrected chi connectivity index (χ3v) is 2.21. The van der Waals surface area contributed by atoms with Crippen molar-refractivity contribution in [2.24, 2.45) is 5.92 Å². The van der Waals surface area contributed by atoms with Crippen molar-refractivity contribution >= 4 is 6.29 Å². The summed E-state index contributed by atoms with van der Waals surface area (Å²) in [6, 6.07) is 0. The van der Waals surface area contributed by atoms with Gasteiger partial charge in [-0.1, -0.05) is 32.1 Å². The fourth-order valence-electron chi connectivity index (χ4n) is 1.21. The molecule has 0 amide bonds. The molecule has 74 valence electrons. The molecule has 0 aliphatic heterocycles. The van der Waals surface area contributed by atoms with Crippen molar-refractivity contribution in [3.05, 3.63) is 23.8 Å². The lowest BCUT2D eigenvalue weighted by atomic mass is 9.98. The second-order valence-electron chi connectivity index (χ2n) is 3.19. The van der Waals surface area contributed by atoms with Crippen molar-refractivity contribution in [3.63, 3.8) is 0 Å². The zero-order valence-electron chi connectivity index (χ0n) is 8.92. The highest BCUT2D eigenvalue weighted by molar-refractivity contribution is 5.72. The summed E-state index contributed by atoms with van der Waals surface area (Å²) in [4.78, 5) is 10.6. The summed E-state index contributed by atoms with van der Waals surface area (Å²) < 4.78 is 0. The summed E-state index contributed by atoms with van der Waals surface area (Å²) in [6.45, 7) is 6.20. The lowest BCUT2D eigenvalue weighted by molar-refractivity contribution is -0.105. The summed E-state index contributed by atoms with van der Waals surface area (Å²) in [5.41, 5.74) is 0.927. The van der Waals surface area contributed by atoms with E-state index >= 15 is 0 Å². The first-order valence-electron chi connectivity index (χ1n) is 5.05. The molecule has 0 radical (unpaired) electrons. The van der Waals surface area contributed by atoms with Gasteiger partial charge in [0.25, 0.3) is 0 Å². The van der Waals surface area contributed by atoms with Crippen LogP contribution in [0.3, 0.4) is 0 Å². The SMILES string of the molecule is C/C=C\CC(/C=C(/C=O)CC)CC. The fourth-order valence-corrected chi connectivity index (χ4v) is 1.21. The molecule has 0 aromatic carbocycles. The first-order chi connectivity index (χ1) is 6.28. The van der Waals surface area contributed by atoms with E-state index in [1.165, 1.54) is 0 Å². The minimum Gasteiger partial charge on any atom is -0.298 e. The van der Waals surface area contributed by atoms with E-state index in [4.69, 9.17) is 0 Å². The van der Waals surface area contributed by atoms with Crippen LogP contribution in [0, 0.1) is 5.92 Å². The summed E-state index contributed by atoms with van der Waals surface area (Å²) in [5.74, 6) is 0.524. The molecule has 0 N–H and O–H groups in total. The van der Waals surface area contributed by atoms with Gasteiger partial charge < -0.3 is 0 Å². The molecule has 0 fully saturated rings. The van der Waals surface area contributed by atoms with Gasteiger partial charge in [0.2, 0.25) is 0 Å². The Labute approximate surface area is 81.5 Å². The van der Waals surface area contributed by atoms with Gasteiger partial charge in [0.1, 0.15) is 6.29 Å². The number of allylic oxidation sites excluding steroid dienone is 4. The van der Waals surface area contributed by atoms with Crippen molar-refractivity contribution in [3.8, 4) is 0 Å². The maximum Gasteiger partial charge on any atom is 0.145 e. The first-order valence-corrected chi connectivity index (χ1v) is 5.05. The average Bonchev–Trinajstić information content (AvgIpc) is 2.19. The van der Waals surface area contributed by atoms with Gasteiger partial charge in [-0.05, 0) is 37.7 Å². The Morgan fingerprint density at radius 3 is 2.46 bits per heavy atom. The first kappa shape index (κ1) is 12.2. The number of aldehydes is 1. The number of hydrogen-bond donors (Lipinski definition) is 0. The number of carbonyl (C=O) groups excluding carboxylic acids is 1. The van der Waals surface area contributed by atoms with Gasteiger partial charge in [0.05, 0.1) is 0 Å². The van der Waals surface area contributed by atoms with Crippen molar-refractivity contribution in [1.29, 1.82) is 0 Å². The Morgan fingerprint density at radius 1 is 1.38 bits per heavy atom. The van der Waals surface area contributed by atoms with E-state index < -0.39 is 0 Å². The molecular weight excluding hydrogens is 160 g/mol. The predicted molar refractivity (Wildman–Crippen MR) is 57.7 cm³/mol. The van der Waals surface area contributed by atoms with Gasteiger partial charge in [-0.2, -0.15) is 0 Å². The number of rotatable bonds is 6. The Balaban J connectivity index is 4.22. The van der Waals surface area contributed by atoms with Gasteiger partial charge in [-0.25, -0.2) is 0 Å². The number of carbonyl (C=O) groups is 1. The van der Waals surface area contributed by atoms with Crippen LogP contribution >= 0.6 is 0 Å². The van der Waals surface area contributed by atoms with Gasteiger partial charge in [-0.3, -0.25) is 4.79 Å². The van der Waals surface area contributed by atoms with E-state index in [2.05, 4.69) is 25.2 Å². The molecule has 1 heteroatoms. The van der Waals surface area contributed by atoms with Crippen LogP contribution in [0.25, 0.3) is 0 Å². The van der Waals surface area contributed by atoms with Crippen LogP contribution in [-0.4, -0.2) is 6.29 Å². The molecule has 1 atom stereocenters. The Morgan fingerprint density at radius 2 is 2.08 bits per heavy atom. The van der Waals surface area contributed by atoms with E-state index in [9.17, 15) is 4.79 Å². The van der Waals surface area contributed by atoms with Gasteiger partial charge >= 0.3 is 0 Å². The van der Waals surface area contributed by atoms with Crippen LogP contribution in [0.4, 0.5) is 0 Å². The largest absolute Gasteiger partial charge is 0.298 e. The molecule has 0 saturated heterocycles. The molecule has 0 aromatic rings. The summed E-state index contributed by atoms with van der Waals surface area (Å²) in [5, 5.41) is 0. The highest BCUT2D eigenvalue weighted by atomic mass is 16.1. The predicted octanol–water partition coefficient (Wildman–Crippen LogP) is 3.51. The van der Waals surface area contributed by atoms with Crippen LogP contribution in [0.15, 0.2) is 23.8 Å². The zero-order chi connectivity index (χ0) is 10.1. The third-order valence-electron chi connectivity index (χ3n) is 2.21. The third kappa shape index (κ3) is 5.40. The van der Waals surface area contributed by atoms with Crippen LogP contribution in [0.5, 0.6) is 0 Å². The molecule has 13 heavy (non-hydrogen) atoms. The van der Waals surface area contributed by atoms with Crippen molar-refractivity contribution < 1.29 is 4.79 Å². The monoisotopic (exact) mass is 180 g/mol. The Hall–Kier alpha value is -0.850. The minimum absolute atomic E-state index is 0.524. The van der Waals surface area contributed by atoms with Gasteiger partial charge in [0.15, 0.2) is 0 Å². The van der Waals surface area contributed by atoms with E-state index in [1.807, 2.05) is 13.8 Å². The van der Waals surface area contributed by atoms with Gasteiger partial charge in [0, 0.05) is 0 Å². The molecule has 0 bridgehead atoms. The van der Waals surface area contributed by atoms with Crippen molar-refractivity contribution in [2.75, 3.05) is 0 Å². The number of hydrogen-bond acceptors (Lipinski definition) is 1.